The Bertz CT molecular complexity index is 1520. The molecule has 174 valence electrons. The Morgan fingerprint density at radius 3 is 2.37 bits per heavy atom. The number of carbonyl (C=O) groups is 2. The third-order valence-electron chi connectivity index (χ3n) is 6.07. The summed E-state index contributed by atoms with van der Waals surface area (Å²) in [6.07, 6.45) is 0. The molecule has 0 spiro atoms. The first kappa shape index (κ1) is 23.0. The van der Waals surface area contributed by atoms with E-state index in [9.17, 15) is 14.7 Å². The van der Waals surface area contributed by atoms with Crippen molar-refractivity contribution in [3.63, 3.8) is 0 Å². The van der Waals surface area contributed by atoms with Gasteiger partial charge >= 0.3 is 0 Å². The predicted octanol–water partition coefficient (Wildman–Crippen LogP) is 6.78. The van der Waals surface area contributed by atoms with Crippen molar-refractivity contribution in [2.75, 3.05) is 12.0 Å². The number of anilines is 1. The Kier molecular flexibility index (Phi) is 5.97. The maximum atomic E-state index is 13.5. The summed E-state index contributed by atoms with van der Waals surface area (Å²) in [5.74, 6) is -1.64. The van der Waals surface area contributed by atoms with Crippen molar-refractivity contribution in [1.29, 1.82) is 0 Å². The lowest BCUT2D eigenvalue weighted by atomic mass is 9.91. The molecule has 5 nitrogen and oxygen atoms in total. The van der Waals surface area contributed by atoms with E-state index in [1.165, 1.54) is 18.1 Å². The fourth-order valence-electron chi connectivity index (χ4n) is 4.52. The minimum atomic E-state index is -0.914. The maximum Gasteiger partial charge on any atom is 0.300 e. The summed E-state index contributed by atoms with van der Waals surface area (Å²) in [5.41, 5.74) is 1.28. The Labute approximate surface area is 211 Å². The number of rotatable bonds is 4. The minimum absolute atomic E-state index is 0.0631. The van der Waals surface area contributed by atoms with Crippen molar-refractivity contribution in [3.8, 4) is 5.75 Å². The van der Waals surface area contributed by atoms with Crippen molar-refractivity contribution >= 4 is 57.1 Å². The van der Waals surface area contributed by atoms with E-state index in [1.54, 1.807) is 36.4 Å². The molecule has 0 radical (unpaired) electrons. The molecule has 1 N–H and O–H groups in total. The van der Waals surface area contributed by atoms with Crippen LogP contribution in [0.3, 0.4) is 0 Å². The first-order valence-corrected chi connectivity index (χ1v) is 11.5. The van der Waals surface area contributed by atoms with Crippen LogP contribution in [-0.4, -0.2) is 23.9 Å². The molecule has 1 saturated heterocycles. The number of aliphatic hydroxyl groups excluding tert-OH is 1. The van der Waals surface area contributed by atoms with Crippen LogP contribution in [0.2, 0.25) is 10.0 Å². The minimum Gasteiger partial charge on any atom is -0.507 e. The van der Waals surface area contributed by atoms with E-state index in [-0.39, 0.29) is 16.9 Å². The molecule has 1 atom stereocenters. The standard InChI is InChI=1S/C28H19Cl2NO4/c1-35-23-13-12-18(30)15-22(23)26(32)24-25(21-11-4-7-16-6-2-3-10-20(16)21)31(28(34)27(24)33)19-9-5-8-17(29)14-19/h2-15,25,32H,1H3/b26-24+. The highest BCUT2D eigenvalue weighted by Crippen LogP contribution is 2.45. The summed E-state index contributed by atoms with van der Waals surface area (Å²) < 4.78 is 5.40. The van der Waals surface area contributed by atoms with E-state index in [2.05, 4.69) is 0 Å². The second-order valence-electron chi connectivity index (χ2n) is 8.06. The van der Waals surface area contributed by atoms with E-state index in [1.807, 2.05) is 42.5 Å². The molecule has 1 aliphatic heterocycles. The normalized spacial score (nSPS) is 17.2. The summed E-state index contributed by atoms with van der Waals surface area (Å²) in [6, 6.07) is 23.8. The van der Waals surface area contributed by atoms with Gasteiger partial charge in [-0.2, -0.15) is 0 Å². The van der Waals surface area contributed by atoms with E-state index < -0.39 is 17.7 Å². The van der Waals surface area contributed by atoms with Gasteiger partial charge in [0, 0.05) is 15.7 Å². The molecule has 5 rings (SSSR count). The zero-order valence-electron chi connectivity index (χ0n) is 18.5. The van der Waals surface area contributed by atoms with Gasteiger partial charge in [-0.05, 0) is 52.7 Å². The molecular formula is C28H19Cl2NO4. The first-order chi connectivity index (χ1) is 16.9. The Balaban J connectivity index is 1.84. The van der Waals surface area contributed by atoms with Crippen LogP contribution in [0.15, 0.2) is 90.5 Å². The monoisotopic (exact) mass is 503 g/mol. The van der Waals surface area contributed by atoms with Gasteiger partial charge in [0.2, 0.25) is 0 Å². The average Bonchev–Trinajstić information content (AvgIpc) is 3.13. The van der Waals surface area contributed by atoms with Gasteiger partial charge in [0.25, 0.3) is 11.7 Å². The van der Waals surface area contributed by atoms with Crippen LogP contribution in [0.25, 0.3) is 16.5 Å². The number of ether oxygens (including phenoxy) is 1. The molecule has 1 amide bonds. The van der Waals surface area contributed by atoms with Crippen molar-refractivity contribution in [2.24, 2.45) is 0 Å². The second kappa shape index (κ2) is 9.10. The van der Waals surface area contributed by atoms with Crippen molar-refractivity contribution in [2.45, 2.75) is 6.04 Å². The van der Waals surface area contributed by atoms with E-state index in [4.69, 9.17) is 27.9 Å². The van der Waals surface area contributed by atoms with E-state index >= 15 is 0 Å². The summed E-state index contributed by atoms with van der Waals surface area (Å²) in [7, 11) is 1.45. The Morgan fingerprint density at radius 2 is 1.60 bits per heavy atom. The third-order valence-corrected chi connectivity index (χ3v) is 6.54. The molecule has 4 aromatic rings. The fraction of sp³-hybridized carbons (Fsp3) is 0.0714. The fourth-order valence-corrected chi connectivity index (χ4v) is 4.87. The van der Waals surface area contributed by atoms with Gasteiger partial charge in [0.15, 0.2) is 0 Å². The first-order valence-electron chi connectivity index (χ1n) is 10.8. The van der Waals surface area contributed by atoms with Crippen LogP contribution < -0.4 is 9.64 Å². The number of hydrogen-bond donors (Lipinski definition) is 1. The highest BCUT2D eigenvalue weighted by Gasteiger charge is 2.47. The number of hydrogen-bond acceptors (Lipinski definition) is 4. The molecule has 0 aromatic heterocycles. The summed E-state index contributed by atoms with van der Waals surface area (Å²) in [4.78, 5) is 28.3. The van der Waals surface area contributed by atoms with Gasteiger partial charge in [-0.3, -0.25) is 14.5 Å². The SMILES string of the molecule is COc1ccc(Cl)cc1/C(O)=C1\C(=O)C(=O)N(c2cccc(Cl)c2)C1c1cccc2ccccc12. The predicted molar refractivity (Wildman–Crippen MR) is 138 cm³/mol. The molecule has 0 saturated carbocycles. The highest BCUT2D eigenvalue weighted by molar-refractivity contribution is 6.52. The second-order valence-corrected chi connectivity index (χ2v) is 8.93. The van der Waals surface area contributed by atoms with Gasteiger partial charge in [0.05, 0.1) is 24.3 Å². The third kappa shape index (κ3) is 3.93. The number of carbonyl (C=O) groups excluding carboxylic acids is 2. The zero-order chi connectivity index (χ0) is 24.7. The van der Waals surface area contributed by atoms with Crippen LogP contribution in [0, 0.1) is 0 Å². The Hall–Kier alpha value is -3.80. The molecule has 1 heterocycles. The highest BCUT2D eigenvalue weighted by atomic mass is 35.5. The van der Waals surface area contributed by atoms with Crippen molar-refractivity contribution in [1.82, 2.24) is 0 Å². The lowest BCUT2D eigenvalue weighted by Crippen LogP contribution is -2.29. The summed E-state index contributed by atoms with van der Waals surface area (Å²) >= 11 is 12.4. The molecule has 1 fully saturated rings. The van der Waals surface area contributed by atoms with Gasteiger partial charge in [-0.15, -0.1) is 0 Å². The molecule has 1 unspecified atom stereocenters. The summed E-state index contributed by atoms with van der Waals surface area (Å²) in [5, 5.41) is 14.0. The number of benzene rings is 4. The van der Waals surface area contributed by atoms with Gasteiger partial charge in [0.1, 0.15) is 11.5 Å². The van der Waals surface area contributed by atoms with Crippen LogP contribution in [-0.2, 0) is 9.59 Å². The van der Waals surface area contributed by atoms with Crippen molar-refractivity contribution < 1.29 is 19.4 Å². The average molecular weight is 504 g/mol. The van der Waals surface area contributed by atoms with Crippen molar-refractivity contribution in [3.05, 3.63) is 112 Å². The topological polar surface area (TPSA) is 66.8 Å². The van der Waals surface area contributed by atoms with Gasteiger partial charge in [-0.1, -0.05) is 71.7 Å². The largest absolute Gasteiger partial charge is 0.507 e. The molecule has 7 heteroatoms. The molecular weight excluding hydrogens is 485 g/mol. The summed E-state index contributed by atoms with van der Waals surface area (Å²) in [6.45, 7) is 0. The quantitative estimate of drug-likeness (QED) is 0.189. The number of amides is 1. The number of methoxy groups -OCH3 is 1. The van der Waals surface area contributed by atoms with Crippen LogP contribution in [0.4, 0.5) is 5.69 Å². The number of aliphatic hydroxyl groups is 1. The number of nitrogens with zero attached hydrogens (tertiary/aromatic N) is 1. The number of ketones is 1. The number of halogens is 2. The zero-order valence-corrected chi connectivity index (χ0v) is 20.0. The number of Topliss-reactive ketones (excluding diaryl/α,β-unsaturated/α-hetero) is 1. The molecule has 0 aliphatic carbocycles. The smallest absolute Gasteiger partial charge is 0.300 e. The lowest BCUT2D eigenvalue weighted by Gasteiger charge is -2.26. The van der Waals surface area contributed by atoms with Gasteiger partial charge < -0.3 is 9.84 Å². The van der Waals surface area contributed by atoms with E-state index in [0.717, 1.165) is 10.8 Å². The lowest BCUT2D eigenvalue weighted by molar-refractivity contribution is -0.132. The molecule has 1 aliphatic rings. The van der Waals surface area contributed by atoms with Crippen LogP contribution >= 0.6 is 23.2 Å². The molecule has 4 aromatic carbocycles. The Morgan fingerprint density at radius 1 is 0.886 bits per heavy atom. The van der Waals surface area contributed by atoms with E-state index in [0.29, 0.717) is 27.0 Å². The number of fused-ring (bicyclic) bond motifs is 1. The van der Waals surface area contributed by atoms with Crippen LogP contribution in [0.5, 0.6) is 5.75 Å². The molecule has 0 bridgehead atoms. The molecule has 35 heavy (non-hydrogen) atoms. The van der Waals surface area contributed by atoms with Crippen LogP contribution in [0.1, 0.15) is 17.2 Å². The van der Waals surface area contributed by atoms with Gasteiger partial charge in [-0.25, -0.2) is 0 Å². The maximum absolute atomic E-state index is 13.5.